The van der Waals surface area contributed by atoms with Crippen LogP contribution in [0.3, 0.4) is 0 Å². The minimum atomic E-state index is -0.0917. The van der Waals surface area contributed by atoms with E-state index in [1.807, 2.05) is 13.8 Å². The Bertz CT molecular complexity index is 327. The molecule has 0 fully saturated rings. The van der Waals surface area contributed by atoms with E-state index in [0.717, 1.165) is 22.0 Å². The summed E-state index contributed by atoms with van der Waals surface area (Å²) in [5.41, 5.74) is 1.84. The van der Waals surface area contributed by atoms with Crippen LogP contribution in [0.2, 0.25) is 0 Å². The molecule has 0 radical (unpaired) electrons. The molecule has 0 aromatic heterocycles. The molecule has 0 spiro atoms. The fourth-order valence-corrected chi connectivity index (χ4v) is 2.64. The largest absolute Gasteiger partial charge is 0.504 e. The molecule has 0 bridgehead atoms. The van der Waals surface area contributed by atoms with Gasteiger partial charge in [0.2, 0.25) is 0 Å². The molecule has 0 heterocycles. The molecule has 2 nitrogen and oxygen atoms in total. The smallest absolute Gasteiger partial charge is 0.173 e. The molecule has 0 aliphatic carbocycles. The number of phenols is 2. The maximum Gasteiger partial charge on any atom is 0.173 e. The highest BCUT2D eigenvalue weighted by atomic mass is 79.9. The second-order valence-corrected chi connectivity index (χ2v) is 4.58. The molecule has 1 rings (SSSR count). The summed E-state index contributed by atoms with van der Waals surface area (Å²) in [6.07, 6.45) is 1.52. The highest BCUT2D eigenvalue weighted by Crippen LogP contribution is 2.44. The van der Waals surface area contributed by atoms with Crippen LogP contribution >= 0.6 is 31.9 Å². The van der Waals surface area contributed by atoms with Gasteiger partial charge in [0.1, 0.15) is 0 Å². The maximum atomic E-state index is 9.71. The Morgan fingerprint density at radius 2 is 1.36 bits per heavy atom. The number of hydrogen-bond acceptors (Lipinski definition) is 2. The minimum Gasteiger partial charge on any atom is -0.504 e. The minimum absolute atomic E-state index is 0.0144. The Morgan fingerprint density at radius 1 is 0.857 bits per heavy atom. The fraction of sp³-hybridized carbons (Fsp3) is 0.400. The van der Waals surface area contributed by atoms with Gasteiger partial charge in [-0.3, -0.25) is 0 Å². The van der Waals surface area contributed by atoms with Gasteiger partial charge in [0, 0.05) is 10.0 Å². The van der Waals surface area contributed by atoms with Crippen molar-refractivity contribution in [1.82, 2.24) is 0 Å². The molecule has 0 aliphatic heterocycles. The average Bonchev–Trinajstić information content (AvgIpc) is 2.20. The van der Waals surface area contributed by atoms with E-state index in [4.69, 9.17) is 0 Å². The maximum absolute atomic E-state index is 9.71. The lowest BCUT2D eigenvalue weighted by Crippen LogP contribution is -1.95. The van der Waals surface area contributed by atoms with Crippen LogP contribution < -0.4 is 0 Å². The summed E-state index contributed by atoms with van der Waals surface area (Å²) in [5.74, 6) is -0.106. The van der Waals surface area contributed by atoms with E-state index < -0.39 is 0 Å². The van der Waals surface area contributed by atoms with Crippen LogP contribution in [-0.4, -0.2) is 10.2 Å². The molecule has 14 heavy (non-hydrogen) atoms. The quantitative estimate of drug-likeness (QED) is 0.814. The molecule has 1 aromatic rings. The second-order valence-electron chi connectivity index (χ2n) is 2.99. The Labute approximate surface area is 100 Å². The van der Waals surface area contributed by atoms with Gasteiger partial charge in [-0.15, -0.1) is 0 Å². The molecule has 0 atom stereocenters. The first kappa shape index (κ1) is 11.9. The first-order chi connectivity index (χ1) is 6.54. The zero-order valence-electron chi connectivity index (χ0n) is 8.06. The summed E-state index contributed by atoms with van der Waals surface area (Å²) in [5, 5.41) is 19.3. The van der Waals surface area contributed by atoms with Crippen LogP contribution in [-0.2, 0) is 12.8 Å². The van der Waals surface area contributed by atoms with Gasteiger partial charge in [-0.2, -0.15) is 0 Å². The lowest BCUT2D eigenvalue weighted by molar-refractivity contribution is 0.396. The predicted molar refractivity (Wildman–Crippen MR) is 63.9 cm³/mol. The number of rotatable bonds is 2. The third-order valence-corrected chi connectivity index (χ3v) is 4.43. The van der Waals surface area contributed by atoms with Gasteiger partial charge in [-0.05, 0) is 50.3 Å². The van der Waals surface area contributed by atoms with Crippen molar-refractivity contribution in [2.75, 3.05) is 0 Å². The van der Waals surface area contributed by atoms with Gasteiger partial charge in [0.05, 0.1) is 4.47 Å². The normalized spacial score (nSPS) is 10.6. The number of aromatic hydroxyl groups is 2. The number of hydrogen-bond donors (Lipinski definition) is 2. The molecule has 4 heteroatoms. The SMILES string of the molecule is CCc1c(O)c(O)c(Br)c(Br)c1CC. The van der Waals surface area contributed by atoms with Crippen molar-refractivity contribution in [1.29, 1.82) is 0 Å². The van der Waals surface area contributed by atoms with Gasteiger partial charge in [-0.1, -0.05) is 13.8 Å². The van der Waals surface area contributed by atoms with Gasteiger partial charge in [0.15, 0.2) is 11.5 Å². The van der Waals surface area contributed by atoms with E-state index in [0.29, 0.717) is 10.9 Å². The molecule has 78 valence electrons. The van der Waals surface area contributed by atoms with E-state index in [1.165, 1.54) is 0 Å². The Kier molecular flexibility index (Phi) is 3.84. The van der Waals surface area contributed by atoms with Crippen LogP contribution in [0, 0.1) is 0 Å². The molecule has 2 N–H and O–H groups in total. The first-order valence-corrected chi connectivity index (χ1v) is 6.03. The predicted octanol–water partition coefficient (Wildman–Crippen LogP) is 3.75. The zero-order chi connectivity index (χ0) is 10.9. The molecule has 0 saturated carbocycles. The second kappa shape index (κ2) is 4.53. The number of benzene rings is 1. The summed E-state index contributed by atoms with van der Waals surface area (Å²) in [6.45, 7) is 3.97. The van der Waals surface area contributed by atoms with Crippen LogP contribution in [0.5, 0.6) is 11.5 Å². The highest BCUT2D eigenvalue weighted by molar-refractivity contribution is 9.13. The van der Waals surface area contributed by atoms with Crippen LogP contribution in [0.1, 0.15) is 25.0 Å². The van der Waals surface area contributed by atoms with Crippen molar-refractivity contribution in [3.05, 3.63) is 20.1 Å². The lowest BCUT2D eigenvalue weighted by atomic mass is 10.0. The molecule has 1 aromatic carbocycles. The summed E-state index contributed by atoms with van der Waals surface area (Å²) in [4.78, 5) is 0. The molecule has 0 unspecified atom stereocenters. The summed E-state index contributed by atoms with van der Waals surface area (Å²) >= 11 is 6.63. The van der Waals surface area contributed by atoms with E-state index in [9.17, 15) is 10.2 Å². The standard InChI is InChI=1S/C10H12Br2O2/c1-3-5-6(4-2)9(13)10(14)8(12)7(5)11/h13-14H,3-4H2,1-2H3. The van der Waals surface area contributed by atoms with Crippen LogP contribution in [0.4, 0.5) is 0 Å². The van der Waals surface area contributed by atoms with E-state index >= 15 is 0 Å². The van der Waals surface area contributed by atoms with Crippen LogP contribution in [0.15, 0.2) is 8.95 Å². The van der Waals surface area contributed by atoms with E-state index in [1.54, 1.807) is 0 Å². The van der Waals surface area contributed by atoms with Crippen molar-refractivity contribution in [3.8, 4) is 11.5 Å². The first-order valence-electron chi connectivity index (χ1n) is 4.45. The van der Waals surface area contributed by atoms with Crippen molar-refractivity contribution in [2.45, 2.75) is 26.7 Å². The molecular formula is C10H12Br2O2. The summed E-state index contributed by atoms with van der Waals surface area (Å²) < 4.78 is 1.34. The third-order valence-electron chi connectivity index (χ3n) is 2.25. The Morgan fingerprint density at radius 3 is 1.79 bits per heavy atom. The van der Waals surface area contributed by atoms with E-state index in [2.05, 4.69) is 31.9 Å². The van der Waals surface area contributed by atoms with Gasteiger partial charge >= 0.3 is 0 Å². The fourth-order valence-electron chi connectivity index (χ4n) is 1.51. The third kappa shape index (κ3) is 1.77. The van der Waals surface area contributed by atoms with Gasteiger partial charge in [-0.25, -0.2) is 0 Å². The molecule has 0 amide bonds. The number of halogens is 2. The molecule has 0 aliphatic rings. The van der Waals surface area contributed by atoms with Crippen molar-refractivity contribution >= 4 is 31.9 Å². The topological polar surface area (TPSA) is 40.5 Å². The van der Waals surface area contributed by atoms with Crippen molar-refractivity contribution < 1.29 is 10.2 Å². The Hall–Kier alpha value is -0.220. The van der Waals surface area contributed by atoms with Gasteiger partial charge in [0.25, 0.3) is 0 Å². The average molecular weight is 324 g/mol. The summed E-state index contributed by atoms with van der Waals surface area (Å²) in [7, 11) is 0. The van der Waals surface area contributed by atoms with Crippen LogP contribution in [0.25, 0.3) is 0 Å². The lowest BCUT2D eigenvalue weighted by Gasteiger charge is -2.14. The zero-order valence-corrected chi connectivity index (χ0v) is 11.2. The van der Waals surface area contributed by atoms with Crippen molar-refractivity contribution in [2.24, 2.45) is 0 Å². The Balaban J connectivity index is 3.57. The van der Waals surface area contributed by atoms with E-state index in [-0.39, 0.29) is 11.5 Å². The molecular weight excluding hydrogens is 312 g/mol. The van der Waals surface area contributed by atoms with Crippen molar-refractivity contribution in [3.63, 3.8) is 0 Å². The molecule has 0 saturated heterocycles. The summed E-state index contributed by atoms with van der Waals surface area (Å²) in [6, 6.07) is 0. The highest BCUT2D eigenvalue weighted by Gasteiger charge is 2.18. The number of phenolic OH excluding ortho intramolecular Hbond substituents is 2. The van der Waals surface area contributed by atoms with Gasteiger partial charge < -0.3 is 10.2 Å². The monoisotopic (exact) mass is 322 g/mol.